The summed E-state index contributed by atoms with van der Waals surface area (Å²) in [5, 5.41) is 5.64. The van der Waals surface area contributed by atoms with E-state index in [-0.39, 0.29) is 22.8 Å². The number of amides is 1. The smallest absolute Gasteiger partial charge is 0.270 e. The third-order valence-electron chi connectivity index (χ3n) is 5.09. The van der Waals surface area contributed by atoms with Crippen molar-refractivity contribution in [3.05, 3.63) is 45.7 Å². The number of nitrogens with one attached hydrogen (secondary N) is 2. The summed E-state index contributed by atoms with van der Waals surface area (Å²) in [5.41, 5.74) is 1.47. The zero-order chi connectivity index (χ0) is 20.1. The Bertz CT molecular complexity index is 857. The highest BCUT2D eigenvalue weighted by molar-refractivity contribution is 8.00. The Labute approximate surface area is 170 Å². The van der Waals surface area contributed by atoms with Crippen molar-refractivity contribution in [3.8, 4) is 5.75 Å². The number of carbonyl (C=O) groups is 1. The Morgan fingerprint density at radius 1 is 1.21 bits per heavy atom. The first kappa shape index (κ1) is 20.6. The van der Waals surface area contributed by atoms with E-state index >= 15 is 0 Å². The average molecular weight is 404 g/mol. The Kier molecular flexibility index (Phi) is 6.88. The van der Waals surface area contributed by atoms with Crippen LogP contribution in [0.4, 0.5) is 5.82 Å². The molecule has 2 atom stereocenters. The first-order valence-electron chi connectivity index (χ1n) is 10.0. The number of hydrogen-bond acceptors (Lipinski definition) is 4. The molecule has 2 aromatic rings. The van der Waals surface area contributed by atoms with E-state index < -0.39 is 0 Å². The summed E-state index contributed by atoms with van der Waals surface area (Å²) in [6.45, 7) is 6.97. The van der Waals surface area contributed by atoms with Crippen LogP contribution >= 0.6 is 11.8 Å². The molecule has 1 aliphatic heterocycles. The molecule has 7 heteroatoms. The van der Waals surface area contributed by atoms with Gasteiger partial charge in [0.15, 0.2) is 0 Å². The van der Waals surface area contributed by atoms with Crippen molar-refractivity contribution in [3.63, 3.8) is 0 Å². The van der Waals surface area contributed by atoms with Crippen LogP contribution in [0, 0.1) is 0 Å². The molecule has 6 nitrogen and oxygen atoms in total. The van der Waals surface area contributed by atoms with Gasteiger partial charge in [0.2, 0.25) is 5.91 Å². The van der Waals surface area contributed by atoms with E-state index in [1.807, 2.05) is 31.2 Å². The molecular formula is C21H29N3O3S. The Morgan fingerprint density at radius 3 is 2.64 bits per heavy atom. The quantitative estimate of drug-likeness (QED) is 0.637. The fraction of sp³-hybridized carbons (Fsp3) is 0.524. The Balaban J connectivity index is 1.88. The number of rotatable bonds is 8. The first-order valence-corrected chi connectivity index (χ1v) is 11.1. The molecule has 0 spiro atoms. The number of nitrogens with zero attached hydrogens (tertiary/aromatic N) is 1. The van der Waals surface area contributed by atoms with Gasteiger partial charge in [-0.1, -0.05) is 38.8 Å². The zero-order valence-corrected chi connectivity index (χ0v) is 17.6. The molecule has 0 saturated carbocycles. The number of aromatic nitrogens is 2. The molecular weight excluding hydrogens is 374 g/mol. The molecule has 0 bridgehead atoms. The fourth-order valence-electron chi connectivity index (χ4n) is 3.30. The largest absolute Gasteiger partial charge is 0.494 e. The van der Waals surface area contributed by atoms with Crippen molar-refractivity contribution >= 4 is 23.5 Å². The molecule has 0 unspecified atom stereocenters. The van der Waals surface area contributed by atoms with Crippen LogP contribution in [0.3, 0.4) is 0 Å². The number of aromatic amines is 1. The molecule has 1 aromatic carbocycles. The minimum Gasteiger partial charge on any atom is -0.494 e. The molecule has 0 aliphatic carbocycles. The topological polar surface area (TPSA) is 76.1 Å². The van der Waals surface area contributed by atoms with Gasteiger partial charge in [0.05, 0.1) is 23.2 Å². The van der Waals surface area contributed by atoms with Crippen LogP contribution in [-0.2, 0) is 4.79 Å². The normalized spacial score (nSPS) is 17.5. The number of anilines is 1. The maximum absolute atomic E-state index is 12.8. The fourth-order valence-corrected chi connectivity index (χ4v) is 4.43. The van der Waals surface area contributed by atoms with E-state index in [1.165, 1.54) is 18.2 Å². The summed E-state index contributed by atoms with van der Waals surface area (Å²) < 4.78 is 7.58. The van der Waals surface area contributed by atoms with Crippen molar-refractivity contribution in [2.24, 2.45) is 0 Å². The summed E-state index contributed by atoms with van der Waals surface area (Å²) in [6, 6.07) is 7.97. The molecule has 152 valence electrons. The van der Waals surface area contributed by atoms with Crippen LogP contribution in [0.1, 0.15) is 68.9 Å². The van der Waals surface area contributed by atoms with Crippen molar-refractivity contribution in [1.82, 2.24) is 9.78 Å². The summed E-state index contributed by atoms with van der Waals surface area (Å²) >= 11 is 1.48. The van der Waals surface area contributed by atoms with Crippen LogP contribution in [0.2, 0.25) is 0 Å². The number of ether oxygens (including phenoxy) is 1. The van der Waals surface area contributed by atoms with E-state index in [0.29, 0.717) is 23.7 Å². The highest BCUT2D eigenvalue weighted by Crippen LogP contribution is 2.40. The number of carbonyl (C=O) groups excluding carboxylic acids is 1. The Hall–Kier alpha value is -2.15. The average Bonchev–Trinajstić information content (AvgIpc) is 2.91. The molecule has 1 aromatic heterocycles. The summed E-state index contributed by atoms with van der Waals surface area (Å²) in [5.74, 6) is 1.66. The van der Waals surface area contributed by atoms with Gasteiger partial charge in [0.25, 0.3) is 5.56 Å². The van der Waals surface area contributed by atoms with Gasteiger partial charge in [-0.3, -0.25) is 19.4 Å². The van der Waals surface area contributed by atoms with Crippen molar-refractivity contribution in [2.75, 3.05) is 17.7 Å². The number of unbranched alkanes of at least 4 members (excludes halogenated alkanes) is 2. The van der Waals surface area contributed by atoms with E-state index in [1.54, 1.807) is 4.68 Å². The van der Waals surface area contributed by atoms with Crippen LogP contribution in [0.25, 0.3) is 0 Å². The molecule has 0 saturated heterocycles. The predicted octanol–water partition coefficient (Wildman–Crippen LogP) is 4.49. The number of fused-ring (bicyclic) bond motifs is 1. The summed E-state index contributed by atoms with van der Waals surface area (Å²) in [4.78, 5) is 25.0. The molecule has 3 rings (SSSR count). The van der Waals surface area contributed by atoms with Gasteiger partial charge in [-0.25, -0.2) is 0 Å². The van der Waals surface area contributed by atoms with Gasteiger partial charge >= 0.3 is 0 Å². The molecule has 28 heavy (non-hydrogen) atoms. The lowest BCUT2D eigenvalue weighted by atomic mass is 10.1. The second-order valence-electron chi connectivity index (χ2n) is 7.19. The molecule has 2 N–H and O–H groups in total. The van der Waals surface area contributed by atoms with E-state index in [2.05, 4.69) is 24.3 Å². The molecule has 0 radical (unpaired) electrons. The number of thioether (sulfide) groups is 1. The summed E-state index contributed by atoms with van der Waals surface area (Å²) in [6.07, 6.45) is 4.23. The van der Waals surface area contributed by atoms with Crippen LogP contribution < -0.4 is 15.6 Å². The second-order valence-corrected chi connectivity index (χ2v) is 8.29. The van der Waals surface area contributed by atoms with Crippen molar-refractivity contribution < 1.29 is 9.53 Å². The lowest BCUT2D eigenvalue weighted by Crippen LogP contribution is -2.18. The molecule has 2 heterocycles. The standard InChI is InChI=1S/C21H29N3O3S/c1-4-6-7-12-27-16-10-8-15(9-11-16)19-18-20(22-17(25)13-28-19)24(14(3)5-2)23-21(18)26/h8-11,14,19H,4-7,12-13H2,1-3H3,(H,22,25)(H,23,26)/t14-,19-/m0/s1. The van der Waals surface area contributed by atoms with Crippen LogP contribution in [0.5, 0.6) is 5.75 Å². The summed E-state index contributed by atoms with van der Waals surface area (Å²) in [7, 11) is 0. The van der Waals surface area contributed by atoms with Crippen molar-refractivity contribution in [2.45, 2.75) is 57.7 Å². The third-order valence-corrected chi connectivity index (χ3v) is 6.36. The van der Waals surface area contributed by atoms with E-state index in [4.69, 9.17) is 4.74 Å². The predicted molar refractivity (Wildman–Crippen MR) is 114 cm³/mol. The monoisotopic (exact) mass is 403 g/mol. The lowest BCUT2D eigenvalue weighted by Gasteiger charge is -2.16. The molecule has 1 aliphatic rings. The van der Waals surface area contributed by atoms with Gasteiger partial charge in [-0.05, 0) is 37.5 Å². The van der Waals surface area contributed by atoms with Gasteiger partial charge in [-0.15, -0.1) is 11.8 Å². The van der Waals surface area contributed by atoms with E-state index in [0.717, 1.165) is 30.6 Å². The molecule has 1 amide bonds. The van der Waals surface area contributed by atoms with Crippen molar-refractivity contribution in [1.29, 1.82) is 0 Å². The Morgan fingerprint density at radius 2 is 1.96 bits per heavy atom. The SMILES string of the molecule is CCCCCOc1ccc([C@@H]2SCC(=O)Nc3c2c(=O)[nH]n3[C@@H](C)CC)cc1. The number of benzene rings is 1. The third kappa shape index (κ3) is 4.46. The van der Waals surface area contributed by atoms with Gasteiger partial charge in [-0.2, -0.15) is 0 Å². The highest BCUT2D eigenvalue weighted by atomic mass is 32.2. The lowest BCUT2D eigenvalue weighted by molar-refractivity contribution is -0.113. The minimum absolute atomic E-state index is 0.0827. The molecule has 0 fully saturated rings. The highest BCUT2D eigenvalue weighted by Gasteiger charge is 2.31. The van der Waals surface area contributed by atoms with Gasteiger partial charge < -0.3 is 10.1 Å². The maximum atomic E-state index is 12.8. The number of hydrogen-bond donors (Lipinski definition) is 2. The maximum Gasteiger partial charge on any atom is 0.270 e. The second kappa shape index (κ2) is 9.37. The first-order chi connectivity index (χ1) is 13.5. The number of H-pyrrole nitrogens is 1. The van der Waals surface area contributed by atoms with Gasteiger partial charge in [0.1, 0.15) is 11.6 Å². The zero-order valence-electron chi connectivity index (χ0n) is 16.8. The van der Waals surface area contributed by atoms with Gasteiger partial charge in [0, 0.05) is 6.04 Å². The minimum atomic E-state index is -0.197. The van der Waals surface area contributed by atoms with Crippen LogP contribution in [-0.4, -0.2) is 28.0 Å². The van der Waals surface area contributed by atoms with E-state index in [9.17, 15) is 9.59 Å². The van der Waals surface area contributed by atoms with Crippen LogP contribution in [0.15, 0.2) is 29.1 Å².